The SMILES string of the molecule is C[N+]1(CCC23CCC(C#N)(CC2)N3)C2CCC1(C#N)CC2. The molecule has 0 amide bonds. The number of fused-ring (bicyclic) bond motifs is 4. The molecular weight excluding hydrogens is 260 g/mol. The Morgan fingerprint density at radius 1 is 1.05 bits per heavy atom. The largest absolute Gasteiger partial charge is 0.307 e. The second-order valence-electron chi connectivity index (χ2n) is 8.22. The zero-order chi connectivity index (χ0) is 14.8. The van der Waals surface area contributed by atoms with Crippen molar-refractivity contribution < 1.29 is 4.48 Å². The van der Waals surface area contributed by atoms with Gasteiger partial charge in [-0.1, -0.05) is 0 Å². The minimum absolute atomic E-state index is 0.106. The minimum atomic E-state index is -0.227. The molecule has 4 aliphatic heterocycles. The van der Waals surface area contributed by atoms with E-state index in [4.69, 9.17) is 0 Å². The van der Waals surface area contributed by atoms with Crippen molar-refractivity contribution in [3.63, 3.8) is 0 Å². The first-order valence-corrected chi connectivity index (χ1v) is 8.48. The van der Waals surface area contributed by atoms with E-state index in [-0.39, 0.29) is 16.6 Å². The third-order valence-electron chi connectivity index (χ3n) is 7.61. The second kappa shape index (κ2) is 4.00. The van der Waals surface area contributed by atoms with Crippen LogP contribution in [0.1, 0.15) is 57.8 Å². The van der Waals surface area contributed by atoms with Gasteiger partial charge in [-0.2, -0.15) is 10.5 Å². The Hall–Kier alpha value is -1.10. The van der Waals surface area contributed by atoms with Crippen LogP contribution in [0.3, 0.4) is 0 Å². The predicted molar refractivity (Wildman–Crippen MR) is 78.9 cm³/mol. The van der Waals surface area contributed by atoms with Crippen molar-refractivity contribution in [2.75, 3.05) is 13.6 Å². The highest BCUT2D eigenvalue weighted by atomic mass is 15.4. The molecule has 1 atom stereocenters. The molecule has 4 aliphatic rings. The molecule has 0 saturated carbocycles. The standard InChI is InChI=1S/C17H25N4/c1-21(14-2-4-17(21,13-19)5-3-14)11-10-15-6-8-16(12-18,20-15)9-7-15/h14,20H,2-11H2,1H3/q+1. The maximum absolute atomic E-state index is 9.76. The van der Waals surface area contributed by atoms with Gasteiger partial charge in [-0.3, -0.25) is 5.32 Å². The molecule has 4 heteroatoms. The van der Waals surface area contributed by atoms with E-state index < -0.39 is 0 Å². The van der Waals surface area contributed by atoms with Gasteiger partial charge in [0.05, 0.1) is 25.7 Å². The van der Waals surface area contributed by atoms with Crippen molar-refractivity contribution in [3.8, 4) is 12.1 Å². The second-order valence-corrected chi connectivity index (χ2v) is 8.22. The highest BCUT2D eigenvalue weighted by molar-refractivity contribution is 5.22. The van der Waals surface area contributed by atoms with E-state index in [0.717, 1.165) is 56.0 Å². The summed E-state index contributed by atoms with van der Waals surface area (Å²) in [4.78, 5) is 0. The molecule has 4 rings (SSSR count). The van der Waals surface area contributed by atoms with Crippen LogP contribution in [0.2, 0.25) is 0 Å². The van der Waals surface area contributed by atoms with Gasteiger partial charge >= 0.3 is 0 Å². The summed E-state index contributed by atoms with van der Waals surface area (Å²) in [6.45, 7) is 1.10. The van der Waals surface area contributed by atoms with Crippen LogP contribution in [0, 0.1) is 22.7 Å². The van der Waals surface area contributed by atoms with Crippen LogP contribution >= 0.6 is 0 Å². The summed E-state index contributed by atoms with van der Waals surface area (Å²) < 4.78 is 0.979. The maximum Gasteiger partial charge on any atom is 0.186 e. The fourth-order valence-electron chi connectivity index (χ4n) is 5.94. The highest BCUT2D eigenvalue weighted by Crippen LogP contribution is 2.53. The summed E-state index contributed by atoms with van der Waals surface area (Å²) in [5, 5.41) is 22.8. The van der Waals surface area contributed by atoms with Crippen LogP contribution in [0.4, 0.5) is 0 Å². The Labute approximate surface area is 127 Å². The quantitative estimate of drug-likeness (QED) is 0.809. The Kier molecular flexibility index (Phi) is 2.58. The molecule has 0 aromatic heterocycles. The first kappa shape index (κ1) is 13.6. The fourth-order valence-corrected chi connectivity index (χ4v) is 5.94. The van der Waals surface area contributed by atoms with Gasteiger partial charge in [0, 0.05) is 37.6 Å². The molecule has 0 spiro atoms. The van der Waals surface area contributed by atoms with E-state index in [2.05, 4.69) is 24.5 Å². The Morgan fingerprint density at radius 2 is 1.71 bits per heavy atom. The molecule has 21 heavy (non-hydrogen) atoms. The van der Waals surface area contributed by atoms with E-state index in [1.54, 1.807) is 0 Å². The molecular formula is C17H25N4+. The molecule has 4 fully saturated rings. The van der Waals surface area contributed by atoms with E-state index >= 15 is 0 Å². The smallest absolute Gasteiger partial charge is 0.186 e. The van der Waals surface area contributed by atoms with Gasteiger partial charge in [-0.05, 0) is 25.7 Å². The molecule has 4 bridgehead atoms. The molecule has 0 aliphatic carbocycles. The van der Waals surface area contributed by atoms with Crippen LogP contribution < -0.4 is 5.32 Å². The average Bonchev–Trinajstić information content (AvgIpc) is 3.23. The maximum atomic E-state index is 9.76. The van der Waals surface area contributed by atoms with E-state index in [1.807, 2.05) is 0 Å². The van der Waals surface area contributed by atoms with E-state index in [0.29, 0.717) is 6.04 Å². The molecule has 0 aromatic carbocycles. The molecule has 4 saturated heterocycles. The van der Waals surface area contributed by atoms with Gasteiger partial charge in [0.15, 0.2) is 5.54 Å². The lowest BCUT2D eigenvalue weighted by Crippen LogP contribution is -2.58. The van der Waals surface area contributed by atoms with Crippen molar-refractivity contribution in [2.24, 2.45) is 0 Å². The molecule has 4 nitrogen and oxygen atoms in total. The Bertz CT molecular complexity index is 538. The van der Waals surface area contributed by atoms with Gasteiger partial charge in [0.1, 0.15) is 11.6 Å². The summed E-state index contributed by atoms with van der Waals surface area (Å²) in [7, 11) is 2.33. The summed E-state index contributed by atoms with van der Waals surface area (Å²) in [5.41, 5.74) is -0.143. The van der Waals surface area contributed by atoms with Crippen molar-refractivity contribution in [1.29, 1.82) is 10.5 Å². The summed E-state index contributed by atoms with van der Waals surface area (Å²) in [5.74, 6) is 0. The summed E-state index contributed by atoms with van der Waals surface area (Å²) >= 11 is 0. The van der Waals surface area contributed by atoms with Crippen LogP contribution in [0.5, 0.6) is 0 Å². The van der Waals surface area contributed by atoms with Crippen LogP contribution in [-0.2, 0) is 0 Å². The zero-order valence-electron chi connectivity index (χ0n) is 13.0. The molecule has 0 radical (unpaired) electrons. The normalized spacial score (nSPS) is 53.8. The van der Waals surface area contributed by atoms with Crippen molar-refractivity contribution in [1.82, 2.24) is 5.32 Å². The van der Waals surface area contributed by atoms with Crippen molar-refractivity contribution in [2.45, 2.75) is 80.4 Å². The summed E-state index contributed by atoms with van der Waals surface area (Å²) in [6.07, 6.45) is 10.1. The number of nitrogens with one attached hydrogen (secondary N) is 1. The monoisotopic (exact) mass is 285 g/mol. The highest BCUT2D eigenvalue weighted by Gasteiger charge is 2.64. The van der Waals surface area contributed by atoms with E-state index in [1.165, 1.54) is 12.8 Å². The van der Waals surface area contributed by atoms with Crippen LogP contribution in [-0.4, -0.2) is 40.7 Å². The van der Waals surface area contributed by atoms with Crippen LogP contribution in [0.25, 0.3) is 0 Å². The lowest BCUT2D eigenvalue weighted by Gasteiger charge is -2.42. The van der Waals surface area contributed by atoms with Gasteiger partial charge in [-0.15, -0.1) is 0 Å². The molecule has 4 heterocycles. The first-order chi connectivity index (χ1) is 10.0. The lowest BCUT2D eigenvalue weighted by atomic mass is 9.80. The third-order valence-corrected chi connectivity index (χ3v) is 7.61. The van der Waals surface area contributed by atoms with Crippen molar-refractivity contribution >= 4 is 0 Å². The van der Waals surface area contributed by atoms with Gasteiger partial charge in [-0.25, -0.2) is 0 Å². The average molecular weight is 285 g/mol. The predicted octanol–water partition coefficient (Wildman–Crippen LogP) is 2.22. The molecule has 1 unspecified atom stereocenters. The minimum Gasteiger partial charge on any atom is -0.307 e. The number of hydrogen-bond donors (Lipinski definition) is 1. The summed E-state index contributed by atoms with van der Waals surface area (Å²) in [6, 6.07) is 5.90. The zero-order valence-corrected chi connectivity index (χ0v) is 13.0. The Morgan fingerprint density at radius 3 is 2.24 bits per heavy atom. The number of nitriles is 2. The first-order valence-electron chi connectivity index (χ1n) is 8.48. The number of nitrogens with zero attached hydrogens (tertiary/aromatic N) is 3. The molecule has 1 N–H and O–H groups in total. The van der Waals surface area contributed by atoms with Crippen molar-refractivity contribution in [3.05, 3.63) is 0 Å². The molecule has 112 valence electrons. The lowest BCUT2D eigenvalue weighted by molar-refractivity contribution is -0.946. The van der Waals surface area contributed by atoms with Gasteiger partial charge in [0.2, 0.25) is 0 Å². The Balaban J connectivity index is 1.52. The number of hydrogen-bond acceptors (Lipinski definition) is 3. The van der Waals surface area contributed by atoms with Crippen LogP contribution in [0.15, 0.2) is 0 Å². The number of rotatable bonds is 3. The van der Waals surface area contributed by atoms with E-state index in [9.17, 15) is 10.5 Å². The number of quaternary nitrogens is 1. The third kappa shape index (κ3) is 1.56. The topological polar surface area (TPSA) is 59.6 Å². The van der Waals surface area contributed by atoms with Gasteiger partial charge < -0.3 is 4.48 Å². The fraction of sp³-hybridized carbons (Fsp3) is 0.882. The van der Waals surface area contributed by atoms with Gasteiger partial charge in [0.25, 0.3) is 0 Å². The molecule has 0 aromatic rings.